The number of aromatic hydroxyl groups is 2. The number of piperazine rings is 1. The van der Waals surface area contributed by atoms with Gasteiger partial charge in [0, 0.05) is 87.0 Å². The number of amides is 2. The number of fused-ring (bicyclic) bond motifs is 7. The van der Waals surface area contributed by atoms with Crippen LogP contribution in [0, 0.1) is 23.2 Å². The first-order valence-corrected chi connectivity index (χ1v) is 40.2. The number of nitrogens with zero attached hydrogens (tertiary/aromatic N) is 10. The second kappa shape index (κ2) is 32.8. The summed E-state index contributed by atoms with van der Waals surface area (Å²) in [6, 6.07) is 47.1. The molecule has 1 saturated carbocycles. The highest BCUT2D eigenvalue weighted by molar-refractivity contribution is 5.94. The average Bonchev–Trinajstić information content (AvgIpc) is 1.55. The zero-order valence-electron chi connectivity index (χ0n) is 71.9. The van der Waals surface area contributed by atoms with Crippen molar-refractivity contribution in [3.05, 3.63) is 191 Å². The summed E-state index contributed by atoms with van der Waals surface area (Å²) in [4.78, 5) is 63.2. The molecule has 616 valence electrons. The van der Waals surface area contributed by atoms with Crippen molar-refractivity contribution in [2.24, 2.45) is 21.2 Å². The first kappa shape index (κ1) is 86.1. The third-order valence-corrected chi connectivity index (χ3v) is 26.5. The quantitative estimate of drug-likeness (QED) is 0.0345. The van der Waals surface area contributed by atoms with E-state index < -0.39 is 22.0 Å². The topological polar surface area (TPSA) is 249 Å². The SMILES string of the molecule is CC(O)(C[N+](C)(C)C(C)(C)CCc1ccccc1)c1ccc(O)c(C(=O)[N+](C)(C)C)c1.COC(=O)C1(C)C(C)(O)CCC2(C)CN3CCc4c([nH]c5ccccc45)C3(C)CC21C.COc1cc2nc(N3CCN(C(=O)c4ccco4)CC3)nc([N+](C)(C)C)c2cc1OC.Cc1ccc([N+](C)(CC2=NCCN2)c2cccc(O)c2)cc1. The number of benzene rings is 6. The number of aliphatic imine (C=N–C) groups is 1. The molecule has 0 bridgehead atoms. The van der Waals surface area contributed by atoms with E-state index in [-0.39, 0.29) is 55.8 Å². The number of nitrogens with one attached hydrogen (secondary N) is 2. The number of hydrogen-bond donors (Lipinski definition) is 6. The third kappa shape index (κ3) is 17.1. The number of aromatic nitrogens is 3. The van der Waals surface area contributed by atoms with Crippen LogP contribution in [0.4, 0.5) is 23.1 Å². The molecular formula is C92H126N12O11+4. The molecule has 0 radical (unpaired) electrons. The van der Waals surface area contributed by atoms with E-state index in [0.29, 0.717) is 81.4 Å². The molecule has 6 aromatic carbocycles. The Morgan fingerprint density at radius 3 is 1.99 bits per heavy atom. The number of carbonyl (C=O) groups is 3. The lowest BCUT2D eigenvalue weighted by Gasteiger charge is -2.70. The summed E-state index contributed by atoms with van der Waals surface area (Å²) in [5.74, 6) is 3.82. The number of anilines is 1. The predicted octanol–water partition coefficient (Wildman–Crippen LogP) is 13.7. The monoisotopic (exact) mass is 1570 g/mol. The minimum absolute atomic E-state index is 0.0606. The molecule has 7 unspecified atom stereocenters. The van der Waals surface area contributed by atoms with E-state index in [9.17, 15) is 34.8 Å². The molecule has 6 N–H and O–H groups in total. The molecule has 3 aromatic heterocycles. The lowest BCUT2D eigenvalue weighted by Crippen LogP contribution is -2.74. The lowest BCUT2D eigenvalue weighted by molar-refractivity contribution is -0.944. The first-order valence-electron chi connectivity index (χ1n) is 40.2. The van der Waals surface area contributed by atoms with Crippen LogP contribution in [0.2, 0.25) is 0 Å². The number of rotatable bonds is 18. The number of amidine groups is 1. The number of methoxy groups -OCH3 is 3. The van der Waals surface area contributed by atoms with Gasteiger partial charge in [-0.25, -0.2) is 9.78 Å². The van der Waals surface area contributed by atoms with Gasteiger partial charge in [0.2, 0.25) is 11.8 Å². The van der Waals surface area contributed by atoms with Gasteiger partial charge in [0.1, 0.15) is 47.1 Å². The Kier molecular flexibility index (Phi) is 24.5. The molecule has 9 aromatic rings. The van der Waals surface area contributed by atoms with Crippen LogP contribution in [-0.2, 0) is 33.5 Å². The van der Waals surface area contributed by atoms with Crippen LogP contribution in [0.3, 0.4) is 0 Å². The molecule has 14 rings (SSSR count). The van der Waals surface area contributed by atoms with E-state index in [4.69, 9.17) is 28.6 Å². The summed E-state index contributed by atoms with van der Waals surface area (Å²) in [6.07, 6.45) is 6.79. The number of carbonyl (C=O) groups excluding carboxylic acids is 3. The maximum Gasteiger partial charge on any atom is 0.349 e. The minimum atomic E-state index is -1.17. The number of ether oxygens (including phenoxy) is 3. The van der Waals surface area contributed by atoms with Crippen LogP contribution in [0.5, 0.6) is 23.0 Å². The Morgan fingerprint density at radius 1 is 0.704 bits per heavy atom. The second-order valence-electron chi connectivity index (χ2n) is 36.7. The number of piperidine rings is 1. The highest BCUT2D eigenvalue weighted by Gasteiger charge is 2.73. The molecule has 5 aliphatic rings. The van der Waals surface area contributed by atoms with Gasteiger partial charge in [0.15, 0.2) is 23.1 Å². The molecule has 3 fully saturated rings. The third-order valence-electron chi connectivity index (χ3n) is 26.5. The summed E-state index contributed by atoms with van der Waals surface area (Å²) < 4.78 is 23.3. The van der Waals surface area contributed by atoms with Gasteiger partial charge < -0.3 is 63.6 Å². The predicted molar refractivity (Wildman–Crippen MR) is 458 cm³/mol. The summed E-state index contributed by atoms with van der Waals surface area (Å²) >= 11 is 0. The van der Waals surface area contributed by atoms with E-state index in [1.807, 2.05) is 44.2 Å². The Morgan fingerprint density at radius 2 is 1.37 bits per heavy atom. The van der Waals surface area contributed by atoms with Crippen molar-refractivity contribution in [1.29, 1.82) is 0 Å². The van der Waals surface area contributed by atoms with Crippen molar-refractivity contribution in [3.63, 3.8) is 0 Å². The molecule has 7 atom stereocenters. The number of aryl methyl sites for hydroxylation is 2. The molecule has 2 saturated heterocycles. The summed E-state index contributed by atoms with van der Waals surface area (Å²) in [5, 5.41) is 48.7. The van der Waals surface area contributed by atoms with Crippen LogP contribution in [0.25, 0.3) is 21.8 Å². The minimum Gasteiger partial charge on any atom is -0.508 e. The number of quaternary nitrogens is 4. The maximum atomic E-state index is 13.4. The van der Waals surface area contributed by atoms with Gasteiger partial charge in [0.25, 0.3) is 5.91 Å². The van der Waals surface area contributed by atoms with Crippen LogP contribution < -0.4 is 28.7 Å². The lowest BCUT2D eigenvalue weighted by atomic mass is 9.38. The van der Waals surface area contributed by atoms with Gasteiger partial charge >= 0.3 is 11.9 Å². The fourth-order valence-corrected chi connectivity index (χ4v) is 18.2. The first-order chi connectivity index (χ1) is 53.9. The molecule has 23 heteroatoms. The molecule has 23 nitrogen and oxygen atoms in total. The Bertz CT molecular complexity index is 5000. The van der Waals surface area contributed by atoms with Gasteiger partial charge in [-0.2, -0.15) is 4.98 Å². The summed E-state index contributed by atoms with van der Waals surface area (Å²) in [7, 11) is 22.6. The van der Waals surface area contributed by atoms with Crippen molar-refractivity contribution in [1.82, 2.24) is 39.0 Å². The van der Waals surface area contributed by atoms with Crippen LogP contribution >= 0.6 is 0 Å². The van der Waals surface area contributed by atoms with Gasteiger partial charge in [-0.3, -0.25) is 32.9 Å². The van der Waals surface area contributed by atoms with Gasteiger partial charge in [0.05, 0.1) is 131 Å². The Labute approximate surface area is 680 Å². The van der Waals surface area contributed by atoms with Crippen molar-refractivity contribution < 1.29 is 62.4 Å². The van der Waals surface area contributed by atoms with Crippen molar-refractivity contribution >= 4 is 68.6 Å². The standard InChI is InChI=1S/C26H36N2O3.C26H39N2O3.C22H28N5O4.C18H21N3O/c1-22-12-13-25(4,30)26(5,21(29)31-6)24(22,3)15-23(2)20-18(11-14-28(23)16-22)17-9-7-8-10-19(17)27-20;1-25(2,17-16-20-12-10-9-11-13-20)28(7,8)19-26(3,31)21-14-15-23(29)22(18-21)24(30)27(4,5)6;1-27(2,3)20-15-13-18(29-4)19(30-5)14-16(15)23-22(24-20)26-10-8-25(9-11-26)21(28)17-7-6-12-31-17;1-14-6-8-15(9-7-14)21(2,13-18-19-10-11-20-18)16-4-3-5-17(22)12-16/h7-10,27,30H,11-16H2,1-6H3;9-15,18,31H,16-17,19H2,1-8H3;6-7,12-14H,8-11H2,1-5H3;3-9,12H,10-11,13H2,1-2H3,(H-,19,20,22)/q;2*+1;/p+2. The van der Waals surface area contributed by atoms with Crippen molar-refractivity contribution in [3.8, 4) is 23.0 Å². The molecule has 7 heterocycles. The second-order valence-corrected chi connectivity index (χ2v) is 36.7. The zero-order valence-corrected chi connectivity index (χ0v) is 71.9. The number of phenols is 2. The van der Waals surface area contributed by atoms with Crippen LogP contribution in [0.1, 0.15) is 130 Å². The highest BCUT2D eigenvalue weighted by Crippen LogP contribution is 2.70. The molecule has 115 heavy (non-hydrogen) atoms. The zero-order chi connectivity index (χ0) is 83.9. The van der Waals surface area contributed by atoms with E-state index in [2.05, 4.69) is 188 Å². The summed E-state index contributed by atoms with van der Waals surface area (Å²) in [6.45, 7) is 26.3. The summed E-state index contributed by atoms with van der Waals surface area (Å²) in [5.41, 5.74) is 6.15. The number of furan rings is 1. The van der Waals surface area contributed by atoms with Crippen LogP contribution in [-0.4, -0.2) is 239 Å². The van der Waals surface area contributed by atoms with E-state index in [1.54, 1.807) is 77.5 Å². The number of aliphatic hydroxyl groups is 2. The van der Waals surface area contributed by atoms with E-state index >= 15 is 0 Å². The molecule has 1 aliphatic carbocycles. The maximum absolute atomic E-state index is 13.4. The van der Waals surface area contributed by atoms with Gasteiger partial charge in [-0.15, -0.1) is 0 Å². The fraction of sp³-hybridized carbons (Fsp3) is 0.478. The Hall–Kier alpha value is -9.72. The molecule has 2 amide bonds. The Balaban J connectivity index is 0.000000152. The number of para-hydroxylation sites is 1. The van der Waals surface area contributed by atoms with Crippen molar-refractivity contribution in [2.45, 2.75) is 123 Å². The van der Waals surface area contributed by atoms with E-state index in [1.165, 1.54) is 58.4 Å². The van der Waals surface area contributed by atoms with Gasteiger partial charge in [-0.05, 0) is 163 Å². The van der Waals surface area contributed by atoms with E-state index in [0.717, 1.165) is 93.1 Å². The number of H-pyrrole nitrogens is 1. The van der Waals surface area contributed by atoms with Crippen LogP contribution in [0.15, 0.2) is 161 Å². The largest absolute Gasteiger partial charge is 0.508 e. The highest BCUT2D eigenvalue weighted by atomic mass is 16.5. The smallest absolute Gasteiger partial charge is 0.349 e. The number of aromatic amines is 1. The normalized spacial score (nSPS) is 22.7. The average molecular weight is 1580 g/mol. The number of hydrogen-bond acceptors (Lipinski definition) is 17. The fourth-order valence-electron chi connectivity index (χ4n) is 18.2. The molecule has 0 spiro atoms. The molecule has 4 aliphatic heterocycles. The number of likely N-dealkylation sites (N-methyl/N-ethyl adjacent to an activating group) is 2. The van der Waals surface area contributed by atoms with Crippen molar-refractivity contribution in [2.75, 3.05) is 155 Å². The molecular weight excluding hydrogens is 1450 g/mol. The van der Waals surface area contributed by atoms with Gasteiger partial charge in [-0.1, -0.05) is 92.2 Å². The number of esters is 1. The number of phenolic OH excluding ortho intramolecular Hbond substituents is 2.